The maximum absolute atomic E-state index is 13.8. The van der Waals surface area contributed by atoms with E-state index in [-0.39, 0.29) is 17.4 Å². The Hall–Kier alpha value is -2.13. The predicted octanol–water partition coefficient (Wildman–Crippen LogP) is 5.08. The van der Waals surface area contributed by atoms with Crippen LogP contribution in [0, 0.1) is 5.92 Å². The van der Waals surface area contributed by atoms with Gasteiger partial charge in [-0.15, -0.1) is 0 Å². The number of halogens is 2. The number of hydrogen-bond acceptors (Lipinski definition) is 5. The Balaban J connectivity index is 1.82. The van der Waals surface area contributed by atoms with Crippen molar-refractivity contribution in [2.24, 2.45) is 5.92 Å². The summed E-state index contributed by atoms with van der Waals surface area (Å²) in [6, 6.07) is 12.6. The molecule has 1 saturated heterocycles. The van der Waals surface area contributed by atoms with Crippen LogP contribution in [0.3, 0.4) is 0 Å². The van der Waals surface area contributed by atoms with Gasteiger partial charge in [0.1, 0.15) is 12.2 Å². The lowest BCUT2D eigenvalue weighted by Gasteiger charge is -2.48. The minimum atomic E-state index is -3.44. The predicted molar refractivity (Wildman–Crippen MR) is 138 cm³/mol. The van der Waals surface area contributed by atoms with Crippen molar-refractivity contribution in [2.75, 3.05) is 11.5 Å². The number of hydrogen-bond donors (Lipinski definition) is 1. The molecule has 194 valence electrons. The van der Waals surface area contributed by atoms with Gasteiger partial charge in [-0.25, -0.2) is 8.42 Å². The number of amides is 1. The van der Waals surface area contributed by atoms with Crippen molar-refractivity contribution in [3.63, 3.8) is 0 Å². The number of sulfone groups is 1. The third-order valence-electron chi connectivity index (χ3n) is 6.67. The maximum Gasteiger partial charge on any atom is 0.306 e. The highest BCUT2D eigenvalue weighted by Crippen LogP contribution is 2.45. The van der Waals surface area contributed by atoms with E-state index in [1.54, 1.807) is 48.5 Å². The van der Waals surface area contributed by atoms with Crippen molar-refractivity contribution in [3.05, 3.63) is 69.7 Å². The van der Waals surface area contributed by atoms with Gasteiger partial charge in [0.25, 0.3) is 5.91 Å². The SMILES string of the molecule is CC[C@@H](CS(=O)(=O)CC1CC1)N1C(=O)[C@@H](CC(=O)O)O[C@H](c2cccc(Cl)c2)C1c1ccc(Cl)cc1. The van der Waals surface area contributed by atoms with Crippen LogP contribution in [0.25, 0.3) is 0 Å². The first-order valence-corrected chi connectivity index (χ1v) is 14.6. The topological polar surface area (TPSA) is 101 Å². The van der Waals surface area contributed by atoms with Gasteiger partial charge in [-0.05, 0) is 60.6 Å². The lowest BCUT2D eigenvalue weighted by Crippen LogP contribution is -2.56. The molecule has 2 aromatic carbocycles. The Bertz CT molecular complexity index is 1220. The minimum Gasteiger partial charge on any atom is -0.481 e. The monoisotopic (exact) mass is 553 g/mol. The normalized spacial score (nSPS) is 23.5. The molecule has 2 aromatic rings. The van der Waals surface area contributed by atoms with Crippen LogP contribution < -0.4 is 0 Å². The number of morpholine rings is 1. The van der Waals surface area contributed by atoms with E-state index in [1.807, 2.05) is 6.92 Å². The van der Waals surface area contributed by atoms with E-state index in [0.29, 0.717) is 27.6 Å². The molecule has 1 aliphatic heterocycles. The third kappa shape index (κ3) is 6.40. The fourth-order valence-corrected chi connectivity index (χ4v) is 7.29. The zero-order valence-corrected chi connectivity index (χ0v) is 22.2. The van der Waals surface area contributed by atoms with Crippen LogP contribution in [-0.2, 0) is 24.2 Å². The molecule has 2 aliphatic rings. The molecule has 4 rings (SSSR count). The summed E-state index contributed by atoms with van der Waals surface area (Å²) in [7, 11) is -3.44. The van der Waals surface area contributed by atoms with Gasteiger partial charge in [0.2, 0.25) is 0 Å². The van der Waals surface area contributed by atoms with Crippen LogP contribution in [0.1, 0.15) is 55.9 Å². The van der Waals surface area contributed by atoms with Crippen LogP contribution in [0.4, 0.5) is 0 Å². The number of carboxylic acid groups (broad SMARTS) is 1. The van der Waals surface area contributed by atoms with Gasteiger partial charge in [-0.2, -0.15) is 0 Å². The molecule has 0 spiro atoms. The zero-order chi connectivity index (χ0) is 26.0. The Labute approximate surface area is 221 Å². The molecule has 1 amide bonds. The zero-order valence-electron chi connectivity index (χ0n) is 19.8. The van der Waals surface area contributed by atoms with Crippen LogP contribution in [0.5, 0.6) is 0 Å². The quantitative estimate of drug-likeness (QED) is 0.440. The fourth-order valence-electron chi connectivity index (χ4n) is 4.80. The summed E-state index contributed by atoms with van der Waals surface area (Å²) in [6.45, 7) is 1.83. The lowest BCUT2D eigenvalue weighted by atomic mass is 9.89. The van der Waals surface area contributed by atoms with Crippen molar-refractivity contribution in [1.82, 2.24) is 4.90 Å². The molecule has 1 aliphatic carbocycles. The summed E-state index contributed by atoms with van der Waals surface area (Å²) in [5, 5.41) is 10.5. The molecule has 1 unspecified atom stereocenters. The number of carbonyl (C=O) groups is 2. The van der Waals surface area contributed by atoms with E-state index in [0.717, 1.165) is 12.8 Å². The Morgan fingerprint density at radius 2 is 1.81 bits per heavy atom. The summed E-state index contributed by atoms with van der Waals surface area (Å²) in [5.41, 5.74) is 1.36. The molecule has 0 aromatic heterocycles. The van der Waals surface area contributed by atoms with Crippen LogP contribution in [0.15, 0.2) is 48.5 Å². The molecule has 0 bridgehead atoms. The number of carbonyl (C=O) groups excluding carboxylic acids is 1. The number of nitrogens with zero attached hydrogens (tertiary/aromatic N) is 1. The number of rotatable bonds is 10. The number of ether oxygens (including phenoxy) is 1. The third-order valence-corrected chi connectivity index (χ3v) is 9.03. The largest absolute Gasteiger partial charge is 0.481 e. The van der Waals surface area contributed by atoms with Crippen LogP contribution >= 0.6 is 23.2 Å². The standard InChI is InChI=1S/C26H29Cl2NO6S/c1-2-21(15-36(33,34)14-16-6-7-16)29-24(17-8-10-19(27)11-9-17)25(18-4-3-5-20(28)12-18)35-22(26(29)32)13-23(30)31/h3-5,8-12,16,21-22,24-25H,2,6-7,13-15H2,1H3,(H,30,31)/t21-,22+,24?,25+/m0/s1. The second-order valence-corrected chi connectivity index (χ2v) is 12.5. The number of carboxylic acids is 1. The summed E-state index contributed by atoms with van der Waals surface area (Å²) in [5.74, 6) is -1.64. The van der Waals surface area contributed by atoms with Gasteiger partial charge in [-0.3, -0.25) is 9.59 Å². The number of benzene rings is 2. The Kier molecular flexibility index (Phi) is 8.29. The van der Waals surface area contributed by atoms with E-state index in [4.69, 9.17) is 27.9 Å². The van der Waals surface area contributed by atoms with Gasteiger partial charge in [0, 0.05) is 16.1 Å². The molecule has 0 radical (unpaired) electrons. The highest BCUT2D eigenvalue weighted by Gasteiger charge is 2.48. The maximum atomic E-state index is 13.8. The number of aliphatic carboxylic acids is 1. The summed E-state index contributed by atoms with van der Waals surface area (Å²) in [6.07, 6.45) is -0.399. The Morgan fingerprint density at radius 1 is 1.11 bits per heavy atom. The lowest BCUT2D eigenvalue weighted by molar-refractivity contribution is -0.182. The first-order chi connectivity index (χ1) is 17.1. The summed E-state index contributed by atoms with van der Waals surface area (Å²) < 4.78 is 32.3. The minimum absolute atomic E-state index is 0.101. The average molecular weight is 554 g/mol. The summed E-state index contributed by atoms with van der Waals surface area (Å²) in [4.78, 5) is 26.9. The van der Waals surface area contributed by atoms with E-state index < -0.39 is 52.4 Å². The molecule has 36 heavy (non-hydrogen) atoms. The van der Waals surface area contributed by atoms with E-state index in [2.05, 4.69) is 0 Å². The first-order valence-electron chi connectivity index (χ1n) is 12.0. The van der Waals surface area contributed by atoms with E-state index >= 15 is 0 Å². The van der Waals surface area contributed by atoms with Crippen LogP contribution in [-0.4, -0.2) is 54.0 Å². The average Bonchev–Trinajstić information content (AvgIpc) is 3.62. The van der Waals surface area contributed by atoms with Gasteiger partial charge in [-0.1, -0.05) is 54.4 Å². The molecular formula is C26H29Cl2NO6S. The molecule has 7 nitrogen and oxygen atoms in total. The van der Waals surface area contributed by atoms with Gasteiger partial charge in [0.05, 0.1) is 24.0 Å². The summed E-state index contributed by atoms with van der Waals surface area (Å²) >= 11 is 12.4. The van der Waals surface area contributed by atoms with Crippen molar-refractivity contribution in [1.29, 1.82) is 0 Å². The molecular weight excluding hydrogens is 525 g/mol. The van der Waals surface area contributed by atoms with E-state index in [9.17, 15) is 23.1 Å². The van der Waals surface area contributed by atoms with Gasteiger partial charge in [0.15, 0.2) is 9.84 Å². The van der Waals surface area contributed by atoms with Crippen molar-refractivity contribution >= 4 is 44.9 Å². The first kappa shape index (κ1) is 26.9. The second kappa shape index (κ2) is 11.1. The van der Waals surface area contributed by atoms with Crippen molar-refractivity contribution in [3.8, 4) is 0 Å². The second-order valence-electron chi connectivity index (χ2n) is 9.52. The van der Waals surface area contributed by atoms with Crippen molar-refractivity contribution < 1.29 is 27.9 Å². The van der Waals surface area contributed by atoms with E-state index in [1.165, 1.54) is 4.90 Å². The molecule has 10 heteroatoms. The highest BCUT2D eigenvalue weighted by molar-refractivity contribution is 7.91. The smallest absolute Gasteiger partial charge is 0.306 e. The highest BCUT2D eigenvalue weighted by atomic mass is 35.5. The van der Waals surface area contributed by atoms with Gasteiger partial charge >= 0.3 is 5.97 Å². The van der Waals surface area contributed by atoms with Crippen LogP contribution in [0.2, 0.25) is 10.0 Å². The molecule has 1 N–H and O–H groups in total. The molecule has 1 heterocycles. The Morgan fingerprint density at radius 3 is 2.39 bits per heavy atom. The van der Waals surface area contributed by atoms with Crippen molar-refractivity contribution in [2.45, 2.75) is 56.9 Å². The molecule has 1 saturated carbocycles. The fraction of sp³-hybridized carbons (Fsp3) is 0.462. The van der Waals surface area contributed by atoms with Gasteiger partial charge < -0.3 is 14.7 Å². The molecule has 2 fully saturated rings. The molecule has 4 atom stereocenters.